The summed E-state index contributed by atoms with van der Waals surface area (Å²) >= 11 is 0. The Bertz CT molecular complexity index is 1570. The minimum atomic E-state index is -0.280. The van der Waals surface area contributed by atoms with Crippen LogP contribution < -0.4 is 10.9 Å². The molecule has 0 spiro atoms. The van der Waals surface area contributed by atoms with Crippen molar-refractivity contribution in [2.24, 2.45) is 0 Å². The van der Waals surface area contributed by atoms with Crippen LogP contribution in [0.4, 0.5) is 5.69 Å². The highest BCUT2D eigenvalue weighted by molar-refractivity contribution is 5.96. The lowest BCUT2D eigenvalue weighted by molar-refractivity contribution is -0.116. The number of ketones is 1. The summed E-state index contributed by atoms with van der Waals surface area (Å²) in [5, 5.41) is 2.84. The highest BCUT2D eigenvalue weighted by atomic mass is 16.2. The molecule has 3 heterocycles. The van der Waals surface area contributed by atoms with Gasteiger partial charge in [0.2, 0.25) is 11.7 Å². The van der Waals surface area contributed by atoms with Crippen molar-refractivity contribution < 1.29 is 9.59 Å². The van der Waals surface area contributed by atoms with Gasteiger partial charge in [-0.2, -0.15) is 0 Å². The van der Waals surface area contributed by atoms with Gasteiger partial charge in [0.1, 0.15) is 6.54 Å². The Hall–Kier alpha value is -4.59. The third kappa shape index (κ3) is 3.78. The smallest absolute Gasteiger partial charge is 0.260 e. The first kappa shape index (κ1) is 20.3. The molecule has 162 valence electrons. The third-order valence-corrected chi connectivity index (χ3v) is 5.41. The minimum Gasteiger partial charge on any atom is -0.325 e. The molecule has 0 aliphatic rings. The number of Topliss-reactive ketones (excluding diaryl/α,β-unsaturated/α-hetero) is 1. The second kappa shape index (κ2) is 8.16. The van der Waals surface area contributed by atoms with Gasteiger partial charge in [-0.25, -0.2) is 9.38 Å². The molecule has 0 saturated heterocycles. The molecule has 33 heavy (non-hydrogen) atoms. The van der Waals surface area contributed by atoms with E-state index >= 15 is 0 Å². The summed E-state index contributed by atoms with van der Waals surface area (Å²) in [6, 6.07) is 19.1. The van der Waals surface area contributed by atoms with Gasteiger partial charge in [-0.3, -0.25) is 19.4 Å². The Morgan fingerprint density at radius 1 is 0.939 bits per heavy atom. The summed E-state index contributed by atoms with van der Waals surface area (Å²) in [5.41, 5.74) is 3.57. The molecule has 0 atom stereocenters. The number of amides is 1. The number of carbonyl (C=O) groups is 2. The van der Waals surface area contributed by atoms with Crippen molar-refractivity contribution in [1.29, 1.82) is 0 Å². The highest BCUT2D eigenvalue weighted by Crippen LogP contribution is 2.22. The predicted molar refractivity (Wildman–Crippen MR) is 125 cm³/mol. The summed E-state index contributed by atoms with van der Waals surface area (Å²) < 4.78 is 3.23. The zero-order valence-electron chi connectivity index (χ0n) is 17.7. The SMILES string of the molecule is CC(=O)c1ccc(NC(=O)Cn2c3ccccc3n3c(=O)cc(-c4ccncc4)nc23)cc1. The average Bonchev–Trinajstić information content (AvgIpc) is 3.14. The molecule has 0 saturated carbocycles. The first-order valence-corrected chi connectivity index (χ1v) is 10.3. The molecule has 3 aromatic heterocycles. The fourth-order valence-electron chi connectivity index (χ4n) is 3.83. The Morgan fingerprint density at radius 2 is 1.64 bits per heavy atom. The number of hydrogen-bond donors (Lipinski definition) is 1. The number of nitrogens with one attached hydrogen (secondary N) is 1. The number of rotatable bonds is 5. The Labute approximate surface area is 188 Å². The van der Waals surface area contributed by atoms with E-state index in [-0.39, 0.29) is 23.8 Å². The molecule has 8 nitrogen and oxygen atoms in total. The van der Waals surface area contributed by atoms with E-state index in [1.807, 2.05) is 24.3 Å². The molecule has 0 aliphatic carbocycles. The lowest BCUT2D eigenvalue weighted by atomic mass is 10.1. The zero-order chi connectivity index (χ0) is 22.9. The molecule has 1 N–H and O–H groups in total. The van der Waals surface area contributed by atoms with E-state index in [4.69, 9.17) is 4.98 Å². The van der Waals surface area contributed by atoms with Gasteiger partial charge in [-0.1, -0.05) is 12.1 Å². The number of fused-ring (bicyclic) bond motifs is 3. The van der Waals surface area contributed by atoms with E-state index in [0.717, 1.165) is 11.1 Å². The van der Waals surface area contributed by atoms with Gasteiger partial charge in [-0.15, -0.1) is 0 Å². The first-order valence-electron chi connectivity index (χ1n) is 10.3. The average molecular weight is 437 g/mol. The van der Waals surface area contributed by atoms with Crippen LogP contribution in [0.2, 0.25) is 0 Å². The van der Waals surface area contributed by atoms with E-state index in [9.17, 15) is 14.4 Å². The molecule has 0 aliphatic heterocycles. The lowest BCUT2D eigenvalue weighted by Crippen LogP contribution is -2.20. The number of imidazole rings is 1. The molecule has 2 aromatic carbocycles. The van der Waals surface area contributed by atoms with Gasteiger partial charge in [0.25, 0.3) is 5.56 Å². The van der Waals surface area contributed by atoms with E-state index < -0.39 is 0 Å². The summed E-state index contributed by atoms with van der Waals surface area (Å²) in [4.78, 5) is 46.1. The normalized spacial score (nSPS) is 11.1. The molecule has 0 bridgehead atoms. The molecule has 8 heteroatoms. The van der Waals surface area contributed by atoms with Crippen molar-refractivity contribution in [1.82, 2.24) is 18.9 Å². The number of benzene rings is 2. The maximum atomic E-state index is 13.0. The lowest BCUT2D eigenvalue weighted by Gasteiger charge is -2.09. The standard InChI is InChI=1S/C25H19N5O3/c1-16(31)17-6-8-19(9-7-17)27-23(32)15-29-21-4-2-3-5-22(21)30-24(33)14-20(28-25(29)30)18-10-12-26-13-11-18/h2-14H,15H2,1H3,(H,27,32). The number of hydrogen-bond acceptors (Lipinski definition) is 5. The number of nitrogens with zero attached hydrogens (tertiary/aromatic N) is 4. The van der Waals surface area contributed by atoms with E-state index in [1.165, 1.54) is 17.4 Å². The Kier molecular flexibility index (Phi) is 5.02. The van der Waals surface area contributed by atoms with Crippen LogP contribution in [-0.2, 0) is 11.3 Å². The van der Waals surface area contributed by atoms with Crippen LogP contribution in [-0.4, -0.2) is 30.6 Å². The van der Waals surface area contributed by atoms with Gasteiger partial charge in [0.15, 0.2) is 5.78 Å². The fraction of sp³-hybridized carbons (Fsp3) is 0.0800. The van der Waals surface area contributed by atoms with Crippen LogP contribution >= 0.6 is 0 Å². The van der Waals surface area contributed by atoms with E-state index in [1.54, 1.807) is 53.4 Å². The highest BCUT2D eigenvalue weighted by Gasteiger charge is 2.17. The number of carbonyl (C=O) groups excluding carboxylic acids is 2. The summed E-state index contributed by atoms with van der Waals surface area (Å²) in [6.45, 7) is 1.45. The van der Waals surface area contributed by atoms with Crippen LogP contribution in [0.25, 0.3) is 28.1 Å². The molecule has 0 fully saturated rings. The monoisotopic (exact) mass is 437 g/mol. The van der Waals surface area contributed by atoms with Crippen molar-refractivity contribution in [3.63, 3.8) is 0 Å². The number of para-hydroxylation sites is 2. The van der Waals surface area contributed by atoms with Crippen LogP contribution in [0, 0.1) is 0 Å². The van der Waals surface area contributed by atoms with Crippen LogP contribution in [0.3, 0.4) is 0 Å². The van der Waals surface area contributed by atoms with Gasteiger partial charge in [0, 0.05) is 35.3 Å². The first-order chi connectivity index (χ1) is 16.0. The van der Waals surface area contributed by atoms with E-state index in [2.05, 4.69) is 10.3 Å². The molecule has 1 amide bonds. The summed E-state index contributed by atoms with van der Waals surface area (Å²) in [5.74, 6) is 0.0506. The topological polar surface area (TPSA) is 98.4 Å². The Balaban J connectivity index is 1.57. The van der Waals surface area contributed by atoms with Gasteiger partial charge < -0.3 is 9.88 Å². The maximum absolute atomic E-state index is 13.0. The molecule has 0 unspecified atom stereocenters. The third-order valence-electron chi connectivity index (χ3n) is 5.41. The van der Waals surface area contributed by atoms with Crippen molar-refractivity contribution in [2.45, 2.75) is 13.5 Å². The zero-order valence-corrected chi connectivity index (χ0v) is 17.7. The quantitative estimate of drug-likeness (QED) is 0.424. The van der Waals surface area contributed by atoms with Crippen molar-refractivity contribution >= 4 is 34.2 Å². The minimum absolute atomic E-state index is 0.0420. The van der Waals surface area contributed by atoms with E-state index in [0.29, 0.717) is 28.2 Å². The summed E-state index contributed by atoms with van der Waals surface area (Å²) in [6.07, 6.45) is 3.28. The number of pyridine rings is 1. The fourth-order valence-corrected chi connectivity index (χ4v) is 3.83. The maximum Gasteiger partial charge on any atom is 0.260 e. The van der Waals surface area contributed by atoms with Crippen LogP contribution in [0.15, 0.2) is 83.9 Å². The van der Waals surface area contributed by atoms with Gasteiger partial charge in [-0.05, 0) is 55.5 Å². The Morgan fingerprint density at radius 3 is 2.33 bits per heavy atom. The second-order valence-corrected chi connectivity index (χ2v) is 7.61. The van der Waals surface area contributed by atoms with Crippen molar-refractivity contribution in [3.05, 3.63) is 95.0 Å². The summed E-state index contributed by atoms with van der Waals surface area (Å²) in [7, 11) is 0. The van der Waals surface area contributed by atoms with Crippen LogP contribution in [0.5, 0.6) is 0 Å². The molecule has 5 aromatic rings. The van der Waals surface area contributed by atoms with Gasteiger partial charge >= 0.3 is 0 Å². The largest absolute Gasteiger partial charge is 0.325 e. The molecular formula is C25H19N5O3. The number of aromatic nitrogens is 4. The molecule has 0 radical (unpaired) electrons. The van der Waals surface area contributed by atoms with Crippen molar-refractivity contribution in [3.8, 4) is 11.3 Å². The second-order valence-electron chi connectivity index (χ2n) is 7.61. The number of anilines is 1. The van der Waals surface area contributed by atoms with Gasteiger partial charge in [0.05, 0.1) is 16.7 Å². The predicted octanol–water partition coefficient (Wildman–Crippen LogP) is 3.55. The van der Waals surface area contributed by atoms with Crippen LogP contribution in [0.1, 0.15) is 17.3 Å². The molecule has 5 rings (SSSR count). The van der Waals surface area contributed by atoms with Crippen molar-refractivity contribution in [2.75, 3.05) is 5.32 Å². The molecular weight excluding hydrogens is 418 g/mol.